The molecule has 0 atom stereocenters. The molecule has 0 spiro atoms. The number of nitrogens with zero attached hydrogens (tertiary/aromatic N) is 1. The lowest BCUT2D eigenvalue weighted by Gasteiger charge is -2.03. The van der Waals surface area contributed by atoms with E-state index >= 15 is 0 Å². The Balaban J connectivity index is 2.96. The van der Waals surface area contributed by atoms with E-state index in [1.807, 2.05) is 0 Å². The lowest BCUT2D eigenvalue weighted by Crippen LogP contribution is -1.98. The molecule has 0 saturated heterocycles. The van der Waals surface area contributed by atoms with E-state index in [-0.39, 0.29) is 11.3 Å². The summed E-state index contributed by atoms with van der Waals surface area (Å²) in [6, 6.07) is 4.36. The van der Waals surface area contributed by atoms with Crippen LogP contribution in [0, 0.1) is 10.1 Å². The molecule has 0 unspecified atom stereocenters. The van der Waals surface area contributed by atoms with Gasteiger partial charge in [-0.1, -0.05) is 0 Å². The van der Waals surface area contributed by atoms with Crippen LogP contribution in [0.1, 0.15) is 5.56 Å². The Morgan fingerprint density at radius 3 is 2.85 bits per heavy atom. The molecule has 0 bridgehead atoms. The van der Waals surface area contributed by atoms with Crippen molar-refractivity contribution < 1.29 is 14.8 Å². The molecule has 0 radical (unpaired) electrons. The molecular weight excluding hydrogens is 174 g/mol. The zero-order chi connectivity index (χ0) is 9.84. The molecule has 0 aliphatic carbocycles. The van der Waals surface area contributed by atoms with Crippen LogP contribution in [0.3, 0.4) is 0 Å². The lowest BCUT2D eigenvalue weighted by atomic mass is 10.2. The second-order valence-corrected chi connectivity index (χ2v) is 2.49. The van der Waals surface area contributed by atoms with Gasteiger partial charge in [0, 0.05) is 4.92 Å². The van der Waals surface area contributed by atoms with Crippen molar-refractivity contribution in [3.8, 4) is 11.5 Å². The summed E-state index contributed by atoms with van der Waals surface area (Å²) in [5.74, 6) is 0.409. The van der Waals surface area contributed by atoms with Crippen LogP contribution in [0.5, 0.6) is 11.5 Å². The molecule has 0 aromatic heterocycles. The maximum absolute atomic E-state index is 10.2. The fourth-order valence-electron chi connectivity index (χ4n) is 0.955. The second-order valence-electron chi connectivity index (χ2n) is 2.49. The number of ether oxygens (including phenoxy) is 1. The molecular formula is C8H9NO4. The summed E-state index contributed by atoms with van der Waals surface area (Å²) in [5.41, 5.74) is 0.254. The fourth-order valence-corrected chi connectivity index (χ4v) is 0.955. The van der Waals surface area contributed by atoms with E-state index in [2.05, 4.69) is 0 Å². The van der Waals surface area contributed by atoms with E-state index in [1.165, 1.54) is 19.2 Å². The number of methoxy groups -OCH3 is 1. The van der Waals surface area contributed by atoms with Gasteiger partial charge in [0.15, 0.2) is 0 Å². The summed E-state index contributed by atoms with van der Waals surface area (Å²) < 4.78 is 4.86. The number of hydrogen-bond acceptors (Lipinski definition) is 4. The SMILES string of the molecule is COc1ccc(O)c(C[N+](=O)[O-])c1. The summed E-state index contributed by atoms with van der Waals surface area (Å²) >= 11 is 0. The van der Waals surface area contributed by atoms with E-state index in [0.717, 1.165) is 0 Å². The van der Waals surface area contributed by atoms with Crippen molar-refractivity contribution in [1.29, 1.82) is 0 Å². The Bertz CT molecular complexity index is 324. The van der Waals surface area contributed by atoms with Gasteiger partial charge in [-0.3, -0.25) is 10.1 Å². The van der Waals surface area contributed by atoms with Gasteiger partial charge in [-0.2, -0.15) is 0 Å². The first-order valence-corrected chi connectivity index (χ1v) is 3.61. The van der Waals surface area contributed by atoms with Crippen molar-refractivity contribution >= 4 is 0 Å². The van der Waals surface area contributed by atoms with Crippen molar-refractivity contribution in [2.75, 3.05) is 7.11 Å². The van der Waals surface area contributed by atoms with Crippen LogP contribution in [0.15, 0.2) is 18.2 Å². The Hall–Kier alpha value is -1.78. The highest BCUT2D eigenvalue weighted by atomic mass is 16.6. The number of benzene rings is 1. The van der Waals surface area contributed by atoms with Gasteiger partial charge in [0.05, 0.1) is 12.7 Å². The normalized spacial score (nSPS) is 9.62. The molecule has 5 heteroatoms. The molecule has 70 valence electrons. The Labute approximate surface area is 74.7 Å². The Kier molecular flexibility index (Phi) is 2.69. The van der Waals surface area contributed by atoms with Gasteiger partial charge in [-0.05, 0) is 18.2 Å². The topological polar surface area (TPSA) is 72.6 Å². The van der Waals surface area contributed by atoms with E-state index in [4.69, 9.17) is 4.74 Å². The summed E-state index contributed by atoms with van der Waals surface area (Å²) in [6.45, 7) is -0.400. The van der Waals surface area contributed by atoms with Crippen LogP contribution >= 0.6 is 0 Å². The molecule has 0 aliphatic heterocycles. The maximum atomic E-state index is 10.2. The Morgan fingerprint density at radius 1 is 1.62 bits per heavy atom. The average Bonchev–Trinajstić information content (AvgIpc) is 2.08. The van der Waals surface area contributed by atoms with Gasteiger partial charge in [-0.25, -0.2) is 0 Å². The molecule has 1 rings (SSSR count). The van der Waals surface area contributed by atoms with Crippen LogP contribution in [-0.2, 0) is 6.54 Å². The number of hydrogen-bond donors (Lipinski definition) is 1. The molecule has 0 aliphatic rings. The first kappa shape index (κ1) is 9.31. The van der Waals surface area contributed by atoms with Crippen LogP contribution in [0.2, 0.25) is 0 Å². The standard InChI is InChI=1S/C8H9NO4/c1-13-7-2-3-8(10)6(4-7)5-9(11)12/h2-4,10H,5H2,1H3. The molecule has 0 heterocycles. The molecule has 13 heavy (non-hydrogen) atoms. The molecule has 5 nitrogen and oxygen atoms in total. The quantitative estimate of drug-likeness (QED) is 0.564. The minimum atomic E-state index is -0.505. The minimum absolute atomic E-state index is 0.0856. The zero-order valence-corrected chi connectivity index (χ0v) is 7.06. The number of aromatic hydroxyl groups is 1. The second kappa shape index (κ2) is 3.75. The van der Waals surface area contributed by atoms with E-state index in [0.29, 0.717) is 5.75 Å². The van der Waals surface area contributed by atoms with Crippen molar-refractivity contribution in [3.63, 3.8) is 0 Å². The highest BCUT2D eigenvalue weighted by Gasteiger charge is 2.08. The van der Waals surface area contributed by atoms with Crippen molar-refractivity contribution in [1.82, 2.24) is 0 Å². The van der Waals surface area contributed by atoms with Crippen molar-refractivity contribution in [3.05, 3.63) is 33.9 Å². The first-order valence-electron chi connectivity index (χ1n) is 3.61. The van der Waals surface area contributed by atoms with Crippen LogP contribution in [0.4, 0.5) is 0 Å². The molecule has 1 aromatic rings. The Morgan fingerprint density at radius 2 is 2.31 bits per heavy atom. The highest BCUT2D eigenvalue weighted by molar-refractivity contribution is 5.38. The largest absolute Gasteiger partial charge is 0.507 e. The summed E-state index contributed by atoms with van der Waals surface area (Å²) in [4.78, 5) is 9.67. The number of phenolic OH excluding ortho intramolecular Hbond substituents is 1. The minimum Gasteiger partial charge on any atom is -0.507 e. The number of nitro groups is 1. The van der Waals surface area contributed by atoms with Gasteiger partial charge in [0.2, 0.25) is 6.54 Å². The smallest absolute Gasteiger partial charge is 0.232 e. The average molecular weight is 183 g/mol. The van der Waals surface area contributed by atoms with Gasteiger partial charge >= 0.3 is 0 Å². The third-order valence-electron chi connectivity index (χ3n) is 1.59. The highest BCUT2D eigenvalue weighted by Crippen LogP contribution is 2.23. The molecule has 1 N–H and O–H groups in total. The van der Waals surface area contributed by atoms with Crippen LogP contribution in [-0.4, -0.2) is 17.1 Å². The lowest BCUT2D eigenvalue weighted by molar-refractivity contribution is -0.496. The van der Waals surface area contributed by atoms with Crippen LogP contribution < -0.4 is 4.74 Å². The summed E-state index contributed by atoms with van der Waals surface area (Å²) in [6.07, 6.45) is 0. The van der Waals surface area contributed by atoms with Gasteiger partial charge in [-0.15, -0.1) is 0 Å². The monoisotopic (exact) mass is 183 g/mol. The van der Waals surface area contributed by atoms with Crippen molar-refractivity contribution in [2.24, 2.45) is 0 Å². The van der Waals surface area contributed by atoms with Crippen LogP contribution in [0.25, 0.3) is 0 Å². The third kappa shape index (κ3) is 2.33. The molecule has 0 fully saturated rings. The van der Waals surface area contributed by atoms with E-state index in [9.17, 15) is 15.2 Å². The van der Waals surface area contributed by atoms with E-state index < -0.39 is 11.5 Å². The predicted octanol–water partition coefficient (Wildman–Crippen LogP) is 1.18. The predicted molar refractivity (Wildman–Crippen MR) is 45.4 cm³/mol. The number of phenols is 1. The fraction of sp³-hybridized carbons (Fsp3) is 0.250. The van der Waals surface area contributed by atoms with Gasteiger partial charge in [0.25, 0.3) is 0 Å². The number of rotatable bonds is 3. The van der Waals surface area contributed by atoms with Gasteiger partial charge < -0.3 is 9.84 Å². The summed E-state index contributed by atoms with van der Waals surface area (Å²) in [7, 11) is 1.46. The molecule has 0 amide bonds. The first-order chi connectivity index (χ1) is 6.13. The van der Waals surface area contributed by atoms with Crippen molar-refractivity contribution in [2.45, 2.75) is 6.54 Å². The molecule has 1 aromatic carbocycles. The third-order valence-corrected chi connectivity index (χ3v) is 1.59. The zero-order valence-electron chi connectivity index (χ0n) is 7.06. The summed E-state index contributed by atoms with van der Waals surface area (Å²) in [5, 5.41) is 19.4. The van der Waals surface area contributed by atoms with E-state index in [1.54, 1.807) is 6.07 Å². The molecule has 0 saturated carbocycles. The van der Waals surface area contributed by atoms with Gasteiger partial charge in [0.1, 0.15) is 11.5 Å². The maximum Gasteiger partial charge on any atom is 0.232 e.